The van der Waals surface area contributed by atoms with Crippen LogP contribution >= 0.6 is 0 Å². The molecule has 1 aromatic carbocycles. The van der Waals surface area contributed by atoms with Gasteiger partial charge >= 0.3 is 5.97 Å². The molecule has 0 bridgehead atoms. The first-order valence-corrected chi connectivity index (χ1v) is 9.30. The first-order chi connectivity index (χ1) is 12.6. The highest BCUT2D eigenvalue weighted by atomic mass is 16.5. The number of hydrogen-bond donors (Lipinski definition) is 1. The van der Waals surface area contributed by atoms with Gasteiger partial charge in [0.1, 0.15) is 11.5 Å². The largest absolute Gasteiger partial charge is 0.497 e. The van der Waals surface area contributed by atoms with E-state index >= 15 is 0 Å². The van der Waals surface area contributed by atoms with Gasteiger partial charge in [0.05, 0.1) is 13.7 Å². The Labute approximate surface area is 155 Å². The standard InChI is InChI=1S/C20H29NO5/c1-15-6-3-4-7-18(15)21-19(22)14-26-20(23)8-5-13-25-17-11-9-16(24-2)10-12-17/h9-12,15,18H,3-8,13-14H2,1-2H3,(H,21,22)/t15-,18+/m0/s1. The molecule has 6 nitrogen and oxygen atoms in total. The van der Waals surface area contributed by atoms with Gasteiger partial charge in [-0.15, -0.1) is 0 Å². The highest BCUT2D eigenvalue weighted by Gasteiger charge is 2.23. The van der Waals surface area contributed by atoms with Crippen LogP contribution in [0.3, 0.4) is 0 Å². The third kappa shape index (κ3) is 6.94. The zero-order valence-corrected chi connectivity index (χ0v) is 15.7. The van der Waals surface area contributed by atoms with Crippen LogP contribution in [-0.4, -0.2) is 38.2 Å². The quantitative estimate of drug-likeness (QED) is 0.539. The summed E-state index contributed by atoms with van der Waals surface area (Å²) < 4.78 is 15.7. The predicted molar refractivity (Wildman–Crippen MR) is 98.2 cm³/mol. The smallest absolute Gasteiger partial charge is 0.306 e. The Bertz CT molecular complexity index is 572. The van der Waals surface area contributed by atoms with Crippen LogP contribution in [0, 0.1) is 5.92 Å². The number of carbonyl (C=O) groups excluding carboxylic acids is 2. The van der Waals surface area contributed by atoms with E-state index in [4.69, 9.17) is 14.2 Å². The van der Waals surface area contributed by atoms with Crippen molar-refractivity contribution in [1.82, 2.24) is 5.32 Å². The number of methoxy groups -OCH3 is 1. The van der Waals surface area contributed by atoms with Gasteiger partial charge < -0.3 is 19.5 Å². The zero-order chi connectivity index (χ0) is 18.8. The van der Waals surface area contributed by atoms with Gasteiger partial charge in [-0.3, -0.25) is 9.59 Å². The van der Waals surface area contributed by atoms with Gasteiger partial charge in [0.2, 0.25) is 0 Å². The van der Waals surface area contributed by atoms with Crippen molar-refractivity contribution in [2.24, 2.45) is 5.92 Å². The van der Waals surface area contributed by atoms with Crippen molar-refractivity contribution in [1.29, 1.82) is 0 Å². The lowest BCUT2D eigenvalue weighted by atomic mass is 9.86. The Morgan fingerprint density at radius 1 is 1.12 bits per heavy atom. The van der Waals surface area contributed by atoms with Crippen molar-refractivity contribution in [2.75, 3.05) is 20.3 Å². The average molecular weight is 363 g/mol. The molecule has 0 aliphatic heterocycles. The maximum atomic E-state index is 11.9. The molecule has 1 aromatic rings. The lowest BCUT2D eigenvalue weighted by molar-refractivity contribution is -0.149. The summed E-state index contributed by atoms with van der Waals surface area (Å²) in [4.78, 5) is 23.6. The maximum absolute atomic E-state index is 11.9. The Hall–Kier alpha value is -2.24. The van der Waals surface area contributed by atoms with E-state index in [2.05, 4.69) is 12.2 Å². The van der Waals surface area contributed by atoms with Crippen LogP contribution in [0.5, 0.6) is 11.5 Å². The van der Waals surface area contributed by atoms with Crippen molar-refractivity contribution >= 4 is 11.9 Å². The van der Waals surface area contributed by atoms with Crippen LogP contribution in [0.25, 0.3) is 0 Å². The fourth-order valence-electron chi connectivity index (χ4n) is 3.08. The van der Waals surface area contributed by atoms with Crippen LogP contribution in [-0.2, 0) is 14.3 Å². The van der Waals surface area contributed by atoms with E-state index < -0.39 is 0 Å². The Kier molecular flexibility index (Phi) is 8.25. The number of amides is 1. The fraction of sp³-hybridized carbons (Fsp3) is 0.600. The van der Waals surface area contributed by atoms with E-state index in [-0.39, 0.29) is 30.9 Å². The molecule has 1 fully saturated rings. The summed E-state index contributed by atoms with van der Waals surface area (Å²) in [7, 11) is 1.61. The lowest BCUT2D eigenvalue weighted by Crippen LogP contribution is -2.42. The molecule has 1 aliphatic rings. The third-order valence-electron chi connectivity index (χ3n) is 4.68. The van der Waals surface area contributed by atoms with E-state index in [9.17, 15) is 9.59 Å². The molecule has 144 valence electrons. The molecule has 0 saturated heterocycles. The summed E-state index contributed by atoms with van der Waals surface area (Å²) in [6.07, 6.45) is 5.27. The minimum atomic E-state index is -0.379. The van der Waals surface area contributed by atoms with Crippen LogP contribution in [0.2, 0.25) is 0 Å². The number of carbonyl (C=O) groups is 2. The van der Waals surface area contributed by atoms with Crippen LogP contribution in [0.15, 0.2) is 24.3 Å². The van der Waals surface area contributed by atoms with Gasteiger partial charge in [-0.25, -0.2) is 0 Å². The van der Waals surface area contributed by atoms with Crippen LogP contribution < -0.4 is 14.8 Å². The van der Waals surface area contributed by atoms with Gasteiger partial charge in [0.25, 0.3) is 5.91 Å². The first kappa shape index (κ1) is 20.1. The second-order valence-corrected chi connectivity index (χ2v) is 6.72. The molecular formula is C20H29NO5. The lowest BCUT2D eigenvalue weighted by Gasteiger charge is -2.29. The van der Waals surface area contributed by atoms with E-state index in [1.54, 1.807) is 7.11 Å². The van der Waals surface area contributed by atoms with Gasteiger partial charge in [0.15, 0.2) is 6.61 Å². The zero-order valence-electron chi connectivity index (χ0n) is 15.7. The third-order valence-corrected chi connectivity index (χ3v) is 4.68. The number of benzene rings is 1. The molecule has 1 saturated carbocycles. The molecule has 2 atom stereocenters. The molecule has 6 heteroatoms. The van der Waals surface area contributed by atoms with Gasteiger partial charge in [-0.2, -0.15) is 0 Å². The van der Waals surface area contributed by atoms with Crippen molar-refractivity contribution in [2.45, 2.75) is 51.5 Å². The first-order valence-electron chi connectivity index (χ1n) is 9.30. The number of hydrogen-bond acceptors (Lipinski definition) is 5. The van der Waals surface area contributed by atoms with Gasteiger partial charge in [-0.05, 0) is 49.4 Å². The fourth-order valence-corrected chi connectivity index (χ4v) is 3.08. The molecular weight excluding hydrogens is 334 g/mol. The number of esters is 1. The highest BCUT2D eigenvalue weighted by Crippen LogP contribution is 2.23. The second-order valence-electron chi connectivity index (χ2n) is 6.72. The molecule has 0 spiro atoms. The molecule has 0 aromatic heterocycles. The molecule has 1 N–H and O–H groups in total. The van der Waals surface area contributed by atoms with Crippen LogP contribution in [0.1, 0.15) is 45.4 Å². The van der Waals surface area contributed by atoms with E-state index in [0.29, 0.717) is 18.9 Å². The number of ether oxygens (including phenoxy) is 3. The monoisotopic (exact) mass is 363 g/mol. The van der Waals surface area contributed by atoms with E-state index in [1.807, 2.05) is 24.3 Å². The van der Waals surface area contributed by atoms with Gasteiger partial charge in [0, 0.05) is 12.5 Å². The normalized spacial score (nSPS) is 19.5. The molecule has 2 rings (SSSR count). The van der Waals surface area contributed by atoms with E-state index in [1.165, 1.54) is 6.42 Å². The Balaban J connectivity index is 1.56. The summed E-state index contributed by atoms with van der Waals surface area (Å²) in [5.74, 6) is 1.38. The molecule has 0 unspecified atom stereocenters. The van der Waals surface area contributed by atoms with Crippen molar-refractivity contribution in [3.05, 3.63) is 24.3 Å². The summed E-state index contributed by atoms with van der Waals surface area (Å²) in [6.45, 7) is 2.35. The minimum Gasteiger partial charge on any atom is -0.497 e. The molecule has 0 radical (unpaired) electrons. The highest BCUT2D eigenvalue weighted by molar-refractivity contribution is 5.80. The molecule has 1 aliphatic carbocycles. The Morgan fingerprint density at radius 3 is 2.50 bits per heavy atom. The topological polar surface area (TPSA) is 73.9 Å². The molecule has 0 heterocycles. The maximum Gasteiger partial charge on any atom is 0.306 e. The molecule has 1 amide bonds. The summed E-state index contributed by atoms with van der Waals surface area (Å²) in [5, 5.41) is 2.97. The molecule has 26 heavy (non-hydrogen) atoms. The van der Waals surface area contributed by atoms with Crippen molar-refractivity contribution < 1.29 is 23.8 Å². The minimum absolute atomic E-state index is 0.202. The summed E-state index contributed by atoms with van der Waals surface area (Å²) in [6, 6.07) is 7.46. The number of nitrogens with one attached hydrogen (secondary N) is 1. The number of rotatable bonds is 9. The Morgan fingerprint density at radius 2 is 1.81 bits per heavy atom. The van der Waals surface area contributed by atoms with Crippen LogP contribution in [0.4, 0.5) is 0 Å². The SMILES string of the molecule is COc1ccc(OCCCC(=O)OCC(=O)N[C@@H]2CCCC[C@@H]2C)cc1. The summed E-state index contributed by atoms with van der Waals surface area (Å²) in [5.41, 5.74) is 0. The summed E-state index contributed by atoms with van der Waals surface area (Å²) >= 11 is 0. The predicted octanol–water partition coefficient (Wildman–Crippen LogP) is 3.09. The van der Waals surface area contributed by atoms with Crippen molar-refractivity contribution in [3.8, 4) is 11.5 Å². The van der Waals surface area contributed by atoms with Crippen molar-refractivity contribution in [3.63, 3.8) is 0 Å². The van der Waals surface area contributed by atoms with Gasteiger partial charge in [-0.1, -0.05) is 19.8 Å². The van der Waals surface area contributed by atoms with E-state index in [0.717, 1.165) is 30.8 Å². The average Bonchev–Trinajstić information content (AvgIpc) is 2.66. The second kappa shape index (κ2) is 10.7.